The summed E-state index contributed by atoms with van der Waals surface area (Å²) < 4.78 is 2.13. The molecule has 0 saturated carbocycles. The fourth-order valence-electron chi connectivity index (χ4n) is 7.56. The summed E-state index contributed by atoms with van der Waals surface area (Å²) in [4.78, 5) is 9.39. The highest BCUT2D eigenvalue weighted by molar-refractivity contribution is 6.20. The summed E-state index contributed by atoms with van der Waals surface area (Å²) in [5.74, 6) is 0. The molecule has 0 fully saturated rings. The minimum atomic E-state index is 0.922. The van der Waals surface area contributed by atoms with Crippen molar-refractivity contribution in [2.24, 2.45) is 0 Å². The van der Waals surface area contributed by atoms with E-state index in [1.54, 1.807) is 0 Å². The Hall–Kier alpha value is -6.91. The molecule has 0 atom stereocenters. The van der Waals surface area contributed by atoms with Crippen LogP contribution in [-0.4, -0.2) is 19.7 Å². The monoisotopic (exact) mass is 650 g/mol. The Labute approximate surface area is 294 Å². The molecule has 0 spiro atoms. The van der Waals surface area contributed by atoms with Gasteiger partial charge < -0.3 is 0 Å². The Morgan fingerprint density at radius 3 is 1.75 bits per heavy atom. The van der Waals surface area contributed by atoms with Crippen LogP contribution < -0.4 is 0 Å². The van der Waals surface area contributed by atoms with Crippen molar-refractivity contribution in [3.63, 3.8) is 0 Å². The van der Waals surface area contributed by atoms with Crippen molar-refractivity contribution in [2.75, 3.05) is 0 Å². The van der Waals surface area contributed by atoms with Gasteiger partial charge >= 0.3 is 0 Å². The van der Waals surface area contributed by atoms with Crippen LogP contribution in [0, 0.1) is 0 Å². The number of fused-ring (bicyclic) bond motifs is 6. The number of pyridine rings is 2. The topological polar surface area (TPSA) is 43.6 Å². The van der Waals surface area contributed by atoms with Crippen molar-refractivity contribution in [3.8, 4) is 50.3 Å². The number of aromatic nitrogens is 4. The zero-order valence-electron chi connectivity index (χ0n) is 27.6. The quantitative estimate of drug-likeness (QED) is 0.174. The van der Waals surface area contributed by atoms with E-state index in [2.05, 4.69) is 167 Å². The van der Waals surface area contributed by atoms with Gasteiger partial charge in [0.05, 0.1) is 22.2 Å². The van der Waals surface area contributed by atoms with E-state index in [0.29, 0.717) is 0 Å². The number of hydrogen-bond donors (Lipinski definition) is 0. The van der Waals surface area contributed by atoms with Crippen LogP contribution in [0.2, 0.25) is 0 Å². The van der Waals surface area contributed by atoms with Crippen LogP contribution in [0.5, 0.6) is 0 Å². The summed E-state index contributed by atoms with van der Waals surface area (Å²) >= 11 is 0. The molecule has 10 rings (SSSR count). The van der Waals surface area contributed by atoms with E-state index in [-0.39, 0.29) is 0 Å². The lowest BCUT2D eigenvalue weighted by Crippen LogP contribution is -1.97. The predicted molar refractivity (Wildman–Crippen MR) is 211 cm³/mol. The van der Waals surface area contributed by atoms with E-state index in [4.69, 9.17) is 10.1 Å². The molecule has 0 bridgehead atoms. The van der Waals surface area contributed by atoms with Gasteiger partial charge in [-0.05, 0) is 75.2 Å². The molecule has 0 aliphatic carbocycles. The maximum atomic E-state index is 5.37. The molecule has 0 aliphatic rings. The Morgan fingerprint density at radius 2 is 1.00 bits per heavy atom. The van der Waals surface area contributed by atoms with Crippen molar-refractivity contribution in [1.82, 2.24) is 19.7 Å². The zero-order valence-corrected chi connectivity index (χ0v) is 27.6. The van der Waals surface area contributed by atoms with Gasteiger partial charge in [0.25, 0.3) is 0 Å². The lowest BCUT2D eigenvalue weighted by molar-refractivity contribution is 0.918. The first kappa shape index (κ1) is 29.0. The highest BCUT2D eigenvalue weighted by Gasteiger charge is 2.22. The van der Waals surface area contributed by atoms with Gasteiger partial charge in [-0.2, -0.15) is 5.10 Å². The Kier molecular flexibility index (Phi) is 6.78. The molecule has 0 amide bonds. The van der Waals surface area contributed by atoms with Crippen LogP contribution in [0.4, 0.5) is 0 Å². The van der Waals surface area contributed by atoms with Gasteiger partial charge in [0.1, 0.15) is 5.69 Å². The van der Waals surface area contributed by atoms with Gasteiger partial charge in [-0.25, -0.2) is 4.68 Å². The average molecular weight is 651 g/mol. The van der Waals surface area contributed by atoms with Gasteiger partial charge in [-0.1, -0.05) is 133 Å². The van der Waals surface area contributed by atoms with E-state index >= 15 is 0 Å². The van der Waals surface area contributed by atoms with Crippen LogP contribution in [-0.2, 0) is 0 Å². The fraction of sp³-hybridized carbons (Fsp3) is 0. The van der Waals surface area contributed by atoms with Crippen molar-refractivity contribution in [1.29, 1.82) is 0 Å². The largest absolute Gasteiger partial charge is 0.254 e. The van der Waals surface area contributed by atoms with Crippen LogP contribution in [0.15, 0.2) is 182 Å². The molecule has 10 aromatic rings. The second-order valence-electron chi connectivity index (χ2n) is 12.9. The molecule has 3 heterocycles. The molecule has 4 heteroatoms. The van der Waals surface area contributed by atoms with E-state index in [1.807, 2.05) is 24.5 Å². The molecule has 3 aromatic heterocycles. The first-order chi connectivity index (χ1) is 25.3. The first-order valence-corrected chi connectivity index (χ1v) is 17.2. The number of nitrogens with zero attached hydrogens (tertiary/aromatic N) is 4. The summed E-state index contributed by atoms with van der Waals surface area (Å²) in [6.45, 7) is 0. The van der Waals surface area contributed by atoms with Crippen molar-refractivity contribution < 1.29 is 0 Å². The highest BCUT2D eigenvalue weighted by atomic mass is 15.3. The summed E-state index contributed by atoms with van der Waals surface area (Å²) in [6.07, 6.45) is 3.68. The molecule has 0 radical (unpaired) electrons. The van der Waals surface area contributed by atoms with Crippen LogP contribution >= 0.6 is 0 Å². The van der Waals surface area contributed by atoms with E-state index in [0.717, 1.165) is 82.9 Å². The molecular weight excluding hydrogens is 621 g/mol. The third kappa shape index (κ3) is 4.80. The molecule has 0 aliphatic heterocycles. The molecule has 0 unspecified atom stereocenters. The van der Waals surface area contributed by atoms with Crippen LogP contribution in [0.3, 0.4) is 0 Å². The van der Waals surface area contributed by atoms with Gasteiger partial charge in [0.15, 0.2) is 0 Å². The second-order valence-corrected chi connectivity index (χ2v) is 12.9. The molecule has 0 saturated heterocycles. The van der Waals surface area contributed by atoms with Crippen molar-refractivity contribution in [3.05, 3.63) is 182 Å². The van der Waals surface area contributed by atoms with Gasteiger partial charge in [-0.3, -0.25) is 9.97 Å². The molecule has 7 aromatic carbocycles. The van der Waals surface area contributed by atoms with Crippen LogP contribution in [0.25, 0.3) is 93.8 Å². The number of benzene rings is 7. The molecule has 238 valence electrons. The molecule has 4 nitrogen and oxygen atoms in total. The van der Waals surface area contributed by atoms with Gasteiger partial charge in [0, 0.05) is 39.5 Å². The molecular formula is C47H30N4. The maximum Gasteiger partial charge on any atom is 0.101 e. The standard InChI is InChI=1S/C47H30N4/c1-4-13-31(14-5-1)41-30-42-37(32-23-25-33(26-24-32)40-29-35-17-11-27-48-45(35)46-38(40)22-12-28-49-46)20-10-21-39(42)47-43(41)44(34-15-6-2-7-16-34)50-51(47)36-18-8-3-9-19-36/h1-30H. The number of para-hydroxylation sites is 1. The highest BCUT2D eigenvalue weighted by Crippen LogP contribution is 2.44. The van der Waals surface area contributed by atoms with Gasteiger partial charge in [0.2, 0.25) is 0 Å². The molecule has 0 N–H and O–H groups in total. The van der Waals surface area contributed by atoms with E-state index in [9.17, 15) is 0 Å². The third-order valence-electron chi connectivity index (χ3n) is 9.91. The van der Waals surface area contributed by atoms with E-state index in [1.165, 1.54) is 10.9 Å². The molecule has 51 heavy (non-hydrogen) atoms. The Balaban J connectivity index is 1.22. The van der Waals surface area contributed by atoms with Crippen molar-refractivity contribution >= 4 is 43.5 Å². The normalized spacial score (nSPS) is 11.5. The SMILES string of the molecule is c1ccc(-c2cc3c(-c4ccc(-c5cc6cccnc6c6ncccc56)cc4)cccc3c3c2c(-c2ccccc2)nn3-c2ccccc2)cc1. The van der Waals surface area contributed by atoms with E-state index < -0.39 is 0 Å². The van der Waals surface area contributed by atoms with Gasteiger partial charge in [-0.15, -0.1) is 0 Å². The summed E-state index contributed by atoms with van der Waals surface area (Å²) in [7, 11) is 0. The third-order valence-corrected chi connectivity index (χ3v) is 9.91. The summed E-state index contributed by atoms with van der Waals surface area (Å²) in [5.41, 5.74) is 13.0. The first-order valence-electron chi connectivity index (χ1n) is 17.2. The summed E-state index contributed by atoms with van der Waals surface area (Å²) in [6, 6.07) is 60.1. The van der Waals surface area contributed by atoms with Crippen LogP contribution in [0.1, 0.15) is 0 Å². The summed E-state index contributed by atoms with van der Waals surface area (Å²) in [5, 5.41) is 11.0. The average Bonchev–Trinajstić information content (AvgIpc) is 3.62. The number of hydrogen-bond acceptors (Lipinski definition) is 3. The minimum absolute atomic E-state index is 0.922. The Morgan fingerprint density at radius 1 is 0.392 bits per heavy atom. The lowest BCUT2D eigenvalue weighted by atomic mass is 9.90. The number of rotatable bonds is 5. The van der Waals surface area contributed by atoms with Crippen molar-refractivity contribution in [2.45, 2.75) is 0 Å². The fourth-order valence-corrected chi connectivity index (χ4v) is 7.56. The predicted octanol–water partition coefficient (Wildman–Crippen LogP) is 11.9. The maximum absolute atomic E-state index is 5.37. The second kappa shape index (κ2) is 11.9. The Bertz CT molecular complexity index is 2880. The smallest absolute Gasteiger partial charge is 0.101 e. The zero-order chi connectivity index (χ0) is 33.7. The minimum Gasteiger partial charge on any atom is -0.254 e. The lowest BCUT2D eigenvalue weighted by Gasteiger charge is -2.15.